The van der Waals surface area contributed by atoms with E-state index >= 15 is 0 Å². The Kier molecular flexibility index (Phi) is 6.09. The molecule has 90 valence electrons. The molecule has 0 saturated heterocycles. The second kappa shape index (κ2) is 7.39. The lowest BCUT2D eigenvalue weighted by atomic mass is 9.94. The molecule has 0 spiro atoms. The van der Waals surface area contributed by atoms with Gasteiger partial charge in [-0.2, -0.15) is 0 Å². The van der Waals surface area contributed by atoms with Crippen molar-refractivity contribution in [1.82, 2.24) is 5.32 Å². The van der Waals surface area contributed by atoms with Gasteiger partial charge in [0.25, 0.3) is 0 Å². The lowest BCUT2D eigenvalue weighted by Gasteiger charge is -2.17. The lowest BCUT2D eigenvalue weighted by Crippen LogP contribution is -2.22. The first-order valence-corrected chi connectivity index (χ1v) is 6.24. The normalized spacial score (nSPS) is 12.7. The molecular formula is C14H22FN. The summed E-state index contributed by atoms with van der Waals surface area (Å²) in [6.45, 7) is 6.18. The Morgan fingerprint density at radius 3 is 2.56 bits per heavy atom. The van der Waals surface area contributed by atoms with Gasteiger partial charge in [0, 0.05) is 6.54 Å². The Hall–Kier alpha value is -0.890. The number of halogens is 1. The molecule has 16 heavy (non-hydrogen) atoms. The van der Waals surface area contributed by atoms with E-state index in [-0.39, 0.29) is 5.82 Å². The summed E-state index contributed by atoms with van der Waals surface area (Å²) in [6.07, 6.45) is 3.25. The number of hydrogen-bond acceptors (Lipinski definition) is 1. The average Bonchev–Trinajstić information content (AvgIpc) is 2.29. The standard InChI is InChI=1S/C14H22FN/c1-3-7-12(11-16-10-4-2)13-8-5-6-9-14(13)15/h5-6,8-9,12,16H,3-4,7,10-11H2,1-2H3. The predicted molar refractivity (Wildman–Crippen MR) is 67.2 cm³/mol. The highest BCUT2D eigenvalue weighted by Gasteiger charge is 2.13. The van der Waals surface area contributed by atoms with Crippen molar-refractivity contribution >= 4 is 0 Å². The maximum Gasteiger partial charge on any atom is 0.126 e. The van der Waals surface area contributed by atoms with E-state index in [1.165, 1.54) is 0 Å². The van der Waals surface area contributed by atoms with Crippen LogP contribution < -0.4 is 5.32 Å². The Labute approximate surface area is 98.1 Å². The van der Waals surface area contributed by atoms with Crippen molar-refractivity contribution in [3.63, 3.8) is 0 Å². The van der Waals surface area contributed by atoms with E-state index in [1.54, 1.807) is 12.1 Å². The van der Waals surface area contributed by atoms with E-state index in [1.807, 2.05) is 12.1 Å². The number of nitrogens with one attached hydrogen (secondary N) is 1. The van der Waals surface area contributed by atoms with Gasteiger partial charge in [0.1, 0.15) is 5.82 Å². The molecule has 1 aromatic carbocycles. The van der Waals surface area contributed by atoms with Gasteiger partial charge in [0.05, 0.1) is 0 Å². The van der Waals surface area contributed by atoms with Crippen molar-refractivity contribution in [2.45, 2.75) is 39.0 Å². The third kappa shape index (κ3) is 3.93. The zero-order valence-electron chi connectivity index (χ0n) is 10.3. The van der Waals surface area contributed by atoms with Gasteiger partial charge in [-0.3, -0.25) is 0 Å². The molecule has 2 heteroatoms. The molecule has 0 radical (unpaired) electrons. The maximum atomic E-state index is 13.6. The molecule has 0 aliphatic carbocycles. The molecule has 1 aromatic rings. The highest BCUT2D eigenvalue weighted by Crippen LogP contribution is 2.23. The smallest absolute Gasteiger partial charge is 0.126 e. The minimum atomic E-state index is -0.0701. The second-order valence-corrected chi connectivity index (χ2v) is 4.21. The summed E-state index contributed by atoms with van der Waals surface area (Å²) in [5.41, 5.74) is 0.855. The molecule has 0 aliphatic heterocycles. The van der Waals surface area contributed by atoms with Crippen LogP contribution in [0.15, 0.2) is 24.3 Å². The Morgan fingerprint density at radius 1 is 1.19 bits per heavy atom. The fraction of sp³-hybridized carbons (Fsp3) is 0.571. The second-order valence-electron chi connectivity index (χ2n) is 4.21. The first-order valence-electron chi connectivity index (χ1n) is 6.24. The maximum absolute atomic E-state index is 13.6. The zero-order chi connectivity index (χ0) is 11.8. The Bertz CT molecular complexity index is 299. The molecule has 0 fully saturated rings. The quantitative estimate of drug-likeness (QED) is 0.695. The van der Waals surface area contributed by atoms with E-state index in [9.17, 15) is 4.39 Å². The average molecular weight is 223 g/mol. The van der Waals surface area contributed by atoms with Crippen molar-refractivity contribution in [2.24, 2.45) is 0 Å². The van der Waals surface area contributed by atoms with Crippen molar-refractivity contribution < 1.29 is 4.39 Å². The van der Waals surface area contributed by atoms with Crippen LogP contribution in [-0.2, 0) is 0 Å². The van der Waals surface area contributed by atoms with Crippen molar-refractivity contribution in [3.05, 3.63) is 35.6 Å². The molecule has 0 saturated carbocycles. The molecule has 0 amide bonds. The number of benzene rings is 1. The molecular weight excluding hydrogens is 201 g/mol. The van der Waals surface area contributed by atoms with Gasteiger partial charge in [-0.05, 0) is 36.9 Å². The molecule has 0 bridgehead atoms. The lowest BCUT2D eigenvalue weighted by molar-refractivity contribution is 0.512. The Morgan fingerprint density at radius 2 is 1.94 bits per heavy atom. The molecule has 0 heterocycles. The zero-order valence-corrected chi connectivity index (χ0v) is 10.3. The third-order valence-electron chi connectivity index (χ3n) is 2.80. The van der Waals surface area contributed by atoms with Crippen LogP contribution in [0, 0.1) is 5.82 Å². The molecule has 0 aliphatic rings. The van der Waals surface area contributed by atoms with Gasteiger partial charge in [0.15, 0.2) is 0 Å². The third-order valence-corrected chi connectivity index (χ3v) is 2.80. The van der Waals surface area contributed by atoms with Gasteiger partial charge in [0.2, 0.25) is 0 Å². The topological polar surface area (TPSA) is 12.0 Å². The van der Waals surface area contributed by atoms with Gasteiger partial charge in [-0.25, -0.2) is 4.39 Å². The van der Waals surface area contributed by atoms with Gasteiger partial charge in [-0.15, -0.1) is 0 Å². The summed E-state index contributed by atoms with van der Waals surface area (Å²) >= 11 is 0. The summed E-state index contributed by atoms with van der Waals surface area (Å²) in [5, 5.41) is 3.38. The van der Waals surface area contributed by atoms with E-state index in [0.717, 1.165) is 37.9 Å². The summed E-state index contributed by atoms with van der Waals surface area (Å²) < 4.78 is 13.6. The number of rotatable bonds is 7. The van der Waals surface area contributed by atoms with Crippen LogP contribution in [0.25, 0.3) is 0 Å². The summed E-state index contributed by atoms with van der Waals surface area (Å²) in [4.78, 5) is 0. The molecule has 1 nitrogen and oxygen atoms in total. The van der Waals surface area contributed by atoms with Crippen LogP contribution in [0.3, 0.4) is 0 Å². The molecule has 1 unspecified atom stereocenters. The van der Waals surface area contributed by atoms with E-state index < -0.39 is 0 Å². The van der Waals surface area contributed by atoms with Crippen LogP contribution in [0.2, 0.25) is 0 Å². The minimum absolute atomic E-state index is 0.0701. The van der Waals surface area contributed by atoms with Gasteiger partial charge in [-0.1, -0.05) is 38.5 Å². The van der Waals surface area contributed by atoms with Crippen molar-refractivity contribution in [1.29, 1.82) is 0 Å². The molecule has 0 aromatic heterocycles. The predicted octanol–water partition coefficient (Wildman–Crippen LogP) is 3.71. The fourth-order valence-electron chi connectivity index (χ4n) is 1.98. The molecule has 1 atom stereocenters. The van der Waals surface area contributed by atoms with Crippen LogP contribution >= 0.6 is 0 Å². The largest absolute Gasteiger partial charge is 0.316 e. The van der Waals surface area contributed by atoms with Crippen LogP contribution in [0.4, 0.5) is 4.39 Å². The highest BCUT2D eigenvalue weighted by atomic mass is 19.1. The summed E-state index contributed by atoms with van der Waals surface area (Å²) in [6, 6.07) is 7.13. The van der Waals surface area contributed by atoms with Crippen molar-refractivity contribution in [3.8, 4) is 0 Å². The van der Waals surface area contributed by atoms with Crippen LogP contribution in [-0.4, -0.2) is 13.1 Å². The number of hydrogen-bond donors (Lipinski definition) is 1. The fourth-order valence-corrected chi connectivity index (χ4v) is 1.98. The summed E-state index contributed by atoms with van der Waals surface area (Å²) in [5.74, 6) is 0.233. The van der Waals surface area contributed by atoms with Crippen molar-refractivity contribution in [2.75, 3.05) is 13.1 Å². The van der Waals surface area contributed by atoms with E-state index in [2.05, 4.69) is 19.2 Å². The van der Waals surface area contributed by atoms with E-state index in [4.69, 9.17) is 0 Å². The van der Waals surface area contributed by atoms with Gasteiger partial charge < -0.3 is 5.32 Å². The van der Waals surface area contributed by atoms with Crippen LogP contribution in [0.5, 0.6) is 0 Å². The highest BCUT2D eigenvalue weighted by molar-refractivity contribution is 5.22. The van der Waals surface area contributed by atoms with E-state index in [0.29, 0.717) is 5.92 Å². The molecule has 1 rings (SSSR count). The van der Waals surface area contributed by atoms with Gasteiger partial charge >= 0.3 is 0 Å². The SMILES string of the molecule is CCCNCC(CCC)c1ccccc1F. The first-order chi connectivity index (χ1) is 7.79. The summed E-state index contributed by atoms with van der Waals surface area (Å²) in [7, 11) is 0. The molecule has 1 N–H and O–H groups in total. The Balaban J connectivity index is 2.65. The van der Waals surface area contributed by atoms with Crippen LogP contribution in [0.1, 0.15) is 44.6 Å². The monoisotopic (exact) mass is 223 g/mol. The first kappa shape index (κ1) is 13.2. The minimum Gasteiger partial charge on any atom is -0.316 e.